The second kappa shape index (κ2) is 9.06. The minimum Gasteiger partial charge on any atom is -0.344 e. The summed E-state index contributed by atoms with van der Waals surface area (Å²) >= 11 is 0. The number of fused-ring (bicyclic) bond motifs is 5. The summed E-state index contributed by atoms with van der Waals surface area (Å²) in [6.07, 6.45) is 0. The smallest absolute Gasteiger partial charge is 0.0455 e. The molecule has 1 heteroatoms. The van der Waals surface area contributed by atoms with Crippen molar-refractivity contribution in [3.05, 3.63) is 144 Å². The first kappa shape index (κ1) is 24.9. The molecule has 0 unspecified atom stereocenters. The lowest BCUT2D eigenvalue weighted by molar-refractivity contribution is 0.629. The Morgan fingerprint density at radius 1 is 0.476 bits per heavy atom. The number of hydrogen-bond donors (Lipinski definition) is 0. The molecule has 0 radical (unpaired) electrons. The van der Waals surface area contributed by atoms with Gasteiger partial charge in [-0.05, 0) is 90.8 Å². The van der Waals surface area contributed by atoms with Crippen LogP contribution in [0.2, 0.25) is 0 Å². The van der Waals surface area contributed by atoms with Gasteiger partial charge in [-0.3, -0.25) is 0 Å². The van der Waals surface area contributed by atoms with Crippen LogP contribution in [0, 0.1) is 6.92 Å². The summed E-state index contributed by atoms with van der Waals surface area (Å²) in [5, 5.41) is 7.71. The van der Waals surface area contributed by atoms with E-state index in [0.29, 0.717) is 0 Å². The fourth-order valence-corrected chi connectivity index (χ4v) is 7.32. The fraction of sp³-hybridized carbons (Fsp3) is 0.122. The standard InChI is InChI=1S/C41H33N/c1-26-17-21-33-34(23-26)40(30-20-22-36-38(25-30)42(4)37-16-10-9-15-35(37)41(36,2)3)32-14-8-7-13-31(32)39(33)29-19-18-27-11-5-6-12-28(27)24-29/h5-25H,1-4H3. The molecular formula is C41H33N. The van der Waals surface area contributed by atoms with Gasteiger partial charge in [0.25, 0.3) is 0 Å². The molecule has 7 aromatic carbocycles. The SMILES string of the molecule is Cc1ccc2c(-c3ccc4ccccc4c3)c3ccccc3c(-c3ccc4c(c3)N(C)c3ccccc3C4(C)C)c2c1. The third-order valence-electron chi connectivity index (χ3n) is 9.48. The maximum absolute atomic E-state index is 2.42. The van der Waals surface area contributed by atoms with Gasteiger partial charge in [0.2, 0.25) is 0 Å². The van der Waals surface area contributed by atoms with Crippen molar-refractivity contribution in [3.8, 4) is 22.3 Å². The Morgan fingerprint density at radius 3 is 1.88 bits per heavy atom. The highest BCUT2D eigenvalue weighted by atomic mass is 15.1. The predicted molar refractivity (Wildman–Crippen MR) is 181 cm³/mol. The van der Waals surface area contributed by atoms with Gasteiger partial charge in [-0.15, -0.1) is 0 Å². The van der Waals surface area contributed by atoms with E-state index in [1.54, 1.807) is 0 Å². The van der Waals surface area contributed by atoms with Gasteiger partial charge in [-0.25, -0.2) is 0 Å². The number of nitrogens with zero attached hydrogens (tertiary/aromatic N) is 1. The number of para-hydroxylation sites is 1. The molecule has 0 aliphatic carbocycles. The zero-order chi connectivity index (χ0) is 28.6. The first-order chi connectivity index (χ1) is 20.4. The molecule has 1 aliphatic rings. The van der Waals surface area contributed by atoms with Gasteiger partial charge in [0, 0.05) is 23.8 Å². The van der Waals surface area contributed by atoms with E-state index in [2.05, 4.69) is 160 Å². The van der Waals surface area contributed by atoms with E-state index in [9.17, 15) is 0 Å². The fourth-order valence-electron chi connectivity index (χ4n) is 7.32. The Morgan fingerprint density at radius 2 is 1.07 bits per heavy atom. The Balaban J connectivity index is 1.44. The minimum atomic E-state index is -0.0718. The number of aryl methyl sites for hydroxylation is 1. The molecular weight excluding hydrogens is 506 g/mol. The quantitative estimate of drug-likeness (QED) is 0.198. The summed E-state index contributed by atoms with van der Waals surface area (Å²) in [6.45, 7) is 6.90. The molecule has 0 N–H and O–H groups in total. The topological polar surface area (TPSA) is 3.24 Å². The molecule has 1 aliphatic heterocycles. The molecule has 0 atom stereocenters. The molecule has 7 aromatic rings. The number of rotatable bonds is 2. The lowest BCUT2D eigenvalue weighted by Gasteiger charge is -2.40. The van der Waals surface area contributed by atoms with E-state index >= 15 is 0 Å². The van der Waals surface area contributed by atoms with Crippen LogP contribution in [0.4, 0.5) is 11.4 Å². The highest BCUT2D eigenvalue weighted by Gasteiger charge is 2.35. The zero-order valence-corrected chi connectivity index (χ0v) is 24.6. The van der Waals surface area contributed by atoms with Gasteiger partial charge >= 0.3 is 0 Å². The van der Waals surface area contributed by atoms with Crippen molar-refractivity contribution in [1.82, 2.24) is 0 Å². The van der Waals surface area contributed by atoms with Crippen molar-refractivity contribution >= 4 is 43.7 Å². The summed E-state index contributed by atoms with van der Waals surface area (Å²) < 4.78 is 0. The van der Waals surface area contributed by atoms with E-state index < -0.39 is 0 Å². The molecule has 8 rings (SSSR count). The number of benzene rings is 7. The first-order valence-electron chi connectivity index (χ1n) is 14.8. The minimum absolute atomic E-state index is 0.0718. The van der Waals surface area contributed by atoms with E-state index in [1.165, 1.54) is 82.6 Å². The second-order valence-corrected chi connectivity index (χ2v) is 12.3. The van der Waals surface area contributed by atoms with E-state index in [-0.39, 0.29) is 5.41 Å². The van der Waals surface area contributed by atoms with Gasteiger partial charge in [0.1, 0.15) is 0 Å². The predicted octanol–water partition coefficient (Wildman–Crippen LogP) is 11.2. The van der Waals surface area contributed by atoms with Gasteiger partial charge in [0.05, 0.1) is 0 Å². The van der Waals surface area contributed by atoms with Gasteiger partial charge in [-0.1, -0.05) is 129 Å². The van der Waals surface area contributed by atoms with Crippen molar-refractivity contribution in [1.29, 1.82) is 0 Å². The first-order valence-corrected chi connectivity index (χ1v) is 14.8. The lowest BCUT2D eigenvalue weighted by atomic mass is 9.73. The van der Waals surface area contributed by atoms with E-state index in [1.807, 2.05) is 0 Å². The summed E-state index contributed by atoms with van der Waals surface area (Å²) in [6, 6.07) is 47.4. The molecule has 0 spiro atoms. The van der Waals surface area contributed by atoms with Crippen LogP contribution < -0.4 is 4.90 Å². The van der Waals surface area contributed by atoms with Gasteiger partial charge in [-0.2, -0.15) is 0 Å². The zero-order valence-electron chi connectivity index (χ0n) is 24.6. The van der Waals surface area contributed by atoms with Crippen molar-refractivity contribution in [2.75, 3.05) is 11.9 Å². The number of anilines is 2. The van der Waals surface area contributed by atoms with E-state index in [0.717, 1.165) is 0 Å². The molecule has 0 bridgehead atoms. The third kappa shape index (κ3) is 3.56. The molecule has 1 heterocycles. The molecule has 0 saturated heterocycles. The molecule has 0 fully saturated rings. The average Bonchev–Trinajstić information content (AvgIpc) is 3.02. The Hall–Kier alpha value is -4.88. The monoisotopic (exact) mass is 539 g/mol. The van der Waals surface area contributed by atoms with E-state index in [4.69, 9.17) is 0 Å². The molecule has 202 valence electrons. The normalized spacial score (nSPS) is 13.9. The molecule has 0 saturated carbocycles. The third-order valence-corrected chi connectivity index (χ3v) is 9.48. The van der Waals surface area contributed by atoms with Crippen LogP contribution in [-0.4, -0.2) is 7.05 Å². The van der Waals surface area contributed by atoms with Crippen LogP contribution in [0.15, 0.2) is 127 Å². The largest absolute Gasteiger partial charge is 0.344 e. The maximum Gasteiger partial charge on any atom is 0.0455 e. The molecule has 0 aromatic heterocycles. The highest BCUT2D eigenvalue weighted by Crippen LogP contribution is 2.51. The molecule has 42 heavy (non-hydrogen) atoms. The summed E-state index contributed by atoms with van der Waals surface area (Å²) in [5.74, 6) is 0. The van der Waals surface area contributed by atoms with Crippen LogP contribution >= 0.6 is 0 Å². The van der Waals surface area contributed by atoms with Gasteiger partial charge < -0.3 is 4.90 Å². The maximum atomic E-state index is 2.42. The summed E-state index contributed by atoms with van der Waals surface area (Å²) in [5.41, 5.74) is 11.6. The van der Waals surface area contributed by atoms with Crippen molar-refractivity contribution in [2.45, 2.75) is 26.2 Å². The lowest BCUT2D eigenvalue weighted by Crippen LogP contribution is -2.30. The summed E-state index contributed by atoms with van der Waals surface area (Å²) in [7, 11) is 2.21. The van der Waals surface area contributed by atoms with Crippen LogP contribution in [0.25, 0.3) is 54.6 Å². The van der Waals surface area contributed by atoms with Crippen molar-refractivity contribution in [3.63, 3.8) is 0 Å². The van der Waals surface area contributed by atoms with Crippen molar-refractivity contribution in [2.24, 2.45) is 0 Å². The van der Waals surface area contributed by atoms with Crippen molar-refractivity contribution < 1.29 is 0 Å². The van der Waals surface area contributed by atoms with Crippen LogP contribution in [0.5, 0.6) is 0 Å². The Labute approximate surface area is 247 Å². The van der Waals surface area contributed by atoms with Crippen LogP contribution in [-0.2, 0) is 5.41 Å². The second-order valence-electron chi connectivity index (χ2n) is 12.3. The van der Waals surface area contributed by atoms with Crippen LogP contribution in [0.1, 0.15) is 30.5 Å². The Bertz CT molecular complexity index is 2200. The number of hydrogen-bond acceptors (Lipinski definition) is 1. The van der Waals surface area contributed by atoms with Gasteiger partial charge in [0.15, 0.2) is 0 Å². The molecule has 1 nitrogen and oxygen atoms in total. The van der Waals surface area contributed by atoms with Crippen LogP contribution in [0.3, 0.4) is 0 Å². The average molecular weight is 540 g/mol. The molecule has 0 amide bonds. The summed E-state index contributed by atoms with van der Waals surface area (Å²) in [4.78, 5) is 2.37. The highest BCUT2D eigenvalue weighted by molar-refractivity contribution is 6.22. The Kier molecular flexibility index (Phi) is 5.37.